The van der Waals surface area contributed by atoms with Crippen LogP contribution < -0.4 is 0 Å². The van der Waals surface area contributed by atoms with Crippen molar-refractivity contribution in [3.63, 3.8) is 0 Å². The largest absolute Gasteiger partial charge is 0.469 e. The quantitative estimate of drug-likeness (QED) is 0.582. The lowest BCUT2D eigenvalue weighted by Gasteiger charge is -2.43. The summed E-state index contributed by atoms with van der Waals surface area (Å²) >= 11 is 0. The van der Waals surface area contributed by atoms with Crippen molar-refractivity contribution in [3.8, 4) is 0 Å². The van der Waals surface area contributed by atoms with Gasteiger partial charge in [0.15, 0.2) is 8.32 Å². The molecular weight excluding hydrogens is 292 g/mol. The average Bonchev–Trinajstić information content (AvgIpc) is 2.52. The molecule has 122 valence electrons. The summed E-state index contributed by atoms with van der Waals surface area (Å²) in [6.45, 7) is 6.53. The van der Waals surface area contributed by atoms with Crippen LogP contribution in [0.15, 0.2) is 30.3 Å². The number of methoxy groups -OCH3 is 1. The Kier molecular flexibility index (Phi) is 5.45. The molecule has 22 heavy (non-hydrogen) atoms. The number of ether oxygens (including phenoxy) is 1. The molecule has 0 unspecified atom stereocenters. The lowest BCUT2D eigenvalue weighted by molar-refractivity contribution is -0.163. The van der Waals surface area contributed by atoms with Crippen LogP contribution >= 0.6 is 0 Å². The van der Waals surface area contributed by atoms with E-state index in [1.54, 1.807) is 0 Å². The van der Waals surface area contributed by atoms with Gasteiger partial charge in [-0.15, -0.1) is 0 Å². The Morgan fingerprint density at radius 3 is 2.18 bits per heavy atom. The first kappa shape index (κ1) is 17.2. The van der Waals surface area contributed by atoms with Gasteiger partial charge in [0.05, 0.1) is 18.6 Å². The summed E-state index contributed by atoms with van der Waals surface area (Å²) in [4.78, 5) is 12.7. The molecule has 1 aliphatic rings. The van der Waals surface area contributed by atoms with Gasteiger partial charge in [0.1, 0.15) is 0 Å². The predicted molar refractivity (Wildman–Crippen MR) is 91.1 cm³/mol. The maximum absolute atomic E-state index is 12.7. The first-order chi connectivity index (χ1) is 10.4. The molecule has 1 fully saturated rings. The molecular formula is C18H28O3Si. The molecule has 0 saturated heterocycles. The van der Waals surface area contributed by atoms with Crippen LogP contribution in [0.2, 0.25) is 19.6 Å². The summed E-state index contributed by atoms with van der Waals surface area (Å²) < 4.78 is 11.7. The molecule has 0 N–H and O–H groups in total. The summed E-state index contributed by atoms with van der Waals surface area (Å²) in [6.07, 6.45) is 4.81. The van der Waals surface area contributed by atoms with Gasteiger partial charge in [0.25, 0.3) is 0 Å². The highest BCUT2D eigenvalue weighted by Gasteiger charge is 2.49. The molecule has 1 aromatic rings. The van der Waals surface area contributed by atoms with Gasteiger partial charge in [-0.05, 0) is 38.0 Å². The minimum Gasteiger partial charge on any atom is -0.469 e. The number of rotatable bonds is 5. The molecule has 0 aliphatic heterocycles. The lowest BCUT2D eigenvalue weighted by Crippen LogP contribution is -2.44. The topological polar surface area (TPSA) is 35.5 Å². The van der Waals surface area contributed by atoms with Crippen molar-refractivity contribution >= 4 is 14.3 Å². The van der Waals surface area contributed by atoms with Crippen molar-refractivity contribution in [2.24, 2.45) is 5.41 Å². The number of hydrogen-bond acceptors (Lipinski definition) is 3. The van der Waals surface area contributed by atoms with Crippen LogP contribution in [0, 0.1) is 5.41 Å². The van der Waals surface area contributed by atoms with Crippen LogP contribution in [0.1, 0.15) is 43.8 Å². The van der Waals surface area contributed by atoms with Gasteiger partial charge < -0.3 is 9.16 Å². The minimum absolute atomic E-state index is 0.112. The second-order valence-electron chi connectivity index (χ2n) is 7.23. The molecule has 0 heterocycles. The fourth-order valence-corrected chi connectivity index (χ4v) is 4.51. The normalized spacial score (nSPS) is 19.5. The zero-order chi connectivity index (χ0) is 16.2. The molecule has 1 atom stereocenters. The van der Waals surface area contributed by atoms with Gasteiger partial charge in [0.2, 0.25) is 0 Å². The smallest absolute Gasteiger partial charge is 0.314 e. The fourth-order valence-electron chi connectivity index (χ4n) is 3.44. The maximum atomic E-state index is 12.7. The number of carbonyl (C=O) groups is 1. The molecule has 2 rings (SSSR count). The number of hydrogen-bond donors (Lipinski definition) is 0. The van der Waals surface area contributed by atoms with E-state index in [4.69, 9.17) is 9.16 Å². The number of benzene rings is 1. The highest BCUT2D eigenvalue weighted by Crippen LogP contribution is 2.49. The van der Waals surface area contributed by atoms with Gasteiger partial charge in [-0.1, -0.05) is 49.6 Å². The lowest BCUT2D eigenvalue weighted by atomic mass is 9.68. The SMILES string of the molecule is COC(=O)C1([C@@H](O[Si](C)(C)C)c2ccccc2)CCCCC1. The predicted octanol–water partition coefficient (Wildman–Crippen LogP) is 4.70. The van der Waals surface area contributed by atoms with Gasteiger partial charge in [-0.3, -0.25) is 4.79 Å². The fraction of sp³-hybridized carbons (Fsp3) is 0.611. The summed E-state index contributed by atoms with van der Waals surface area (Å²) in [6, 6.07) is 10.2. The van der Waals surface area contributed by atoms with E-state index in [0.717, 1.165) is 31.2 Å². The Balaban J connectivity index is 2.46. The van der Waals surface area contributed by atoms with E-state index in [1.165, 1.54) is 13.5 Å². The summed E-state index contributed by atoms with van der Waals surface area (Å²) in [5, 5.41) is 0. The highest BCUT2D eigenvalue weighted by atomic mass is 28.4. The molecule has 0 radical (unpaired) electrons. The van der Waals surface area contributed by atoms with Crippen molar-refractivity contribution in [1.82, 2.24) is 0 Å². The summed E-state index contributed by atoms with van der Waals surface area (Å²) in [7, 11) is -0.305. The third-order valence-corrected chi connectivity index (χ3v) is 5.36. The standard InChI is InChI=1S/C18H28O3Si/c1-20-17(19)18(13-9-6-10-14-18)16(21-22(2,3)4)15-11-7-5-8-12-15/h5,7-8,11-12,16H,6,9-10,13-14H2,1-4H3/t16-/m0/s1. The average molecular weight is 321 g/mol. The molecule has 1 saturated carbocycles. The van der Waals surface area contributed by atoms with Crippen molar-refractivity contribution in [2.45, 2.75) is 57.8 Å². The van der Waals surface area contributed by atoms with Gasteiger partial charge in [-0.2, -0.15) is 0 Å². The third kappa shape index (κ3) is 3.79. The van der Waals surface area contributed by atoms with Gasteiger partial charge in [0, 0.05) is 0 Å². The minimum atomic E-state index is -1.80. The molecule has 1 aromatic carbocycles. The van der Waals surface area contributed by atoms with Gasteiger partial charge >= 0.3 is 5.97 Å². The first-order valence-electron chi connectivity index (χ1n) is 8.20. The van der Waals surface area contributed by atoms with Gasteiger partial charge in [-0.25, -0.2) is 0 Å². The van der Waals surface area contributed by atoms with E-state index in [1.807, 2.05) is 18.2 Å². The maximum Gasteiger partial charge on any atom is 0.314 e. The molecule has 1 aliphatic carbocycles. The Morgan fingerprint density at radius 1 is 1.09 bits per heavy atom. The Labute approximate surface area is 135 Å². The zero-order valence-electron chi connectivity index (χ0n) is 14.2. The van der Waals surface area contributed by atoms with Crippen LogP contribution in [0.5, 0.6) is 0 Å². The van der Waals surface area contributed by atoms with Crippen molar-refractivity contribution in [2.75, 3.05) is 7.11 Å². The number of esters is 1. The monoisotopic (exact) mass is 320 g/mol. The summed E-state index contributed by atoms with van der Waals surface area (Å²) in [5.74, 6) is -0.112. The van der Waals surface area contributed by atoms with E-state index in [-0.39, 0.29) is 12.1 Å². The Bertz CT molecular complexity index is 487. The van der Waals surface area contributed by atoms with E-state index < -0.39 is 13.7 Å². The number of carbonyl (C=O) groups excluding carboxylic acids is 1. The molecule has 0 aromatic heterocycles. The van der Waals surface area contributed by atoms with Crippen LogP contribution in [-0.2, 0) is 14.0 Å². The van der Waals surface area contributed by atoms with E-state index >= 15 is 0 Å². The van der Waals surface area contributed by atoms with Crippen LogP contribution in [0.25, 0.3) is 0 Å². The molecule has 0 amide bonds. The second-order valence-corrected chi connectivity index (χ2v) is 11.7. The second kappa shape index (κ2) is 6.96. The van der Waals surface area contributed by atoms with E-state index in [2.05, 4.69) is 31.8 Å². The first-order valence-corrected chi connectivity index (χ1v) is 11.6. The molecule has 0 bridgehead atoms. The Morgan fingerprint density at radius 2 is 1.68 bits per heavy atom. The van der Waals surface area contributed by atoms with E-state index in [9.17, 15) is 4.79 Å². The Hall–Kier alpha value is -1.13. The van der Waals surface area contributed by atoms with Crippen molar-refractivity contribution < 1.29 is 14.0 Å². The van der Waals surface area contributed by atoms with Crippen molar-refractivity contribution in [3.05, 3.63) is 35.9 Å². The molecule has 0 spiro atoms. The van der Waals surface area contributed by atoms with E-state index in [0.29, 0.717) is 0 Å². The van der Waals surface area contributed by atoms with Crippen LogP contribution in [0.3, 0.4) is 0 Å². The summed E-state index contributed by atoms with van der Waals surface area (Å²) in [5.41, 5.74) is 0.562. The van der Waals surface area contributed by atoms with Crippen LogP contribution in [-0.4, -0.2) is 21.4 Å². The third-order valence-electron chi connectivity index (χ3n) is 4.41. The van der Waals surface area contributed by atoms with Crippen LogP contribution in [0.4, 0.5) is 0 Å². The molecule has 3 nitrogen and oxygen atoms in total. The molecule has 4 heteroatoms. The van der Waals surface area contributed by atoms with Crippen molar-refractivity contribution in [1.29, 1.82) is 0 Å². The zero-order valence-corrected chi connectivity index (χ0v) is 15.2. The highest BCUT2D eigenvalue weighted by molar-refractivity contribution is 6.69.